The van der Waals surface area contributed by atoms with Crippen molar-refractivity contribution in [2.75, 3.05) is 7.11 Å². The van der Waals surface area contributed by atoms with E-state index < -0.39 is 17.9 Å². The first kappa shape index (κ1) is 9.64. The number of carbonyl (C=O) groups is 2. The smallest absolute Gasteiger partial charge is 0.321 e. The fraction of sp³-hybridized carbons (Fsp3) is 0.300. The van der Waals surface area contributed by atoms with Crippen molar-refractivity contribution in [2.45, 2.75) is 12.3 Å². The number of pyridine rings is 1. The summed E-state index contributed by atoms with van der Waals surface area (Å²) >= 11 is 0. The first-order valence-corrected chi connectivity index (χ1v) is 4.44. The number of cyclic esters (lactones) is 2. The lowest BCUT2D eigenvalue weighted by molar-refractivity contribution is -0.152. The molecule has 5 heteroatoms. The monoisotopic (exact) mass is 207 g/mol. The number of esters is 2. The van der Waals surface area contributed by atoms with Gasteiger partial charge in [-0.15, -0.1) is 0 Å². The number of methoxy groups -OCH3 is 1. The Morgan fingerprint density at radius 2 is 2.27 bits per heavy atom. The molecule has 2 heterocycles. The molecule has 0 N–H and O–H groups in total. The molecule has 0 amide bonds. The minimum absolute atomic E-state index is 0.0771. The molecule has 1 unspecified atom stereocenters. The molecule has 0 bridgehead atoms. The number of ether oxygens (including phenoxy) is 2. The van der Waals surface area contributed by atoms with E-state index in [1.807, 2.05) is 0 Å². The summed E-state index contributed by atoms with van der Waals surface area (Å²) < 4.78 is 9.43. The van der Waals surface area contributed by atoms with Gasteiger partial charge in [0.25, 0.3) is 0 Å². The minimum Gasteiger partial charge on any atom is -0.495 e. The van der Waals surface area contributed by atoms with Crippen LogP contribution in [0.5, 0.6) is 5.75 Å². The van der Waals surface area contributed by atoms with E-state index in [1.165, 1.54) is 19.5 Å². The molecule has 0 spiro atoms. The minimum atomic E-state index is -0.542. The van der Waals surface area contributed by atoms with Crippen LogP contribution in [0.3, 0.4) is 0 Å². The topological polar surface area (TPSA) is 65.5 Å². The molecule has 0 radical (unpaired) electrons. The molecule has 15 heavy (non-hydrogen) atoms. The molecule has 0 aliphatic carbocycles. The quantitative estimate of drug-likeness (QED) is 0.526. The van der Waals surface area contributed by atoms with Crippen LogP contribution in [0.25, 0.3) is 0 Å². The van der Waals surface area contributed by atoms with Crippen molar-refractivity contribution in [3.05, 3.63) is 24.0 Å². The second-order valence-electron chi connectivity index (χ2n) is 3.21. The van der Waals surface area contributed by atoms with Gasteiger partial charge in [0.15, 0.2) is 0 Å². The third-order valence-corrected chi connectivity index (χ3v) is 2.24. The van der Waals surface area contributed by atoms with E-state index in [9.17, 15) is 9.59 Å². The number of hydrogen-bond acceptors (Lipinski definition) is 5. The van der Waals surface area contributed by atoms with Gasteiger partial charge in [-0.2, -0.15) is 0 Å². The molecule has 0 aromatic carbocycles. The first-order valence-electron chi connectivity index (χ1n) is 4.44. The predicted octanol–water partition coefficient (Wildman–Crippen LogP) is 0.647. The van der Waals surface area contributed by atoms with E-state index in [-0.39, 0.29) is 6.42 Å². The molecule has 1 aliphatic rings. The van der Waals surface area contributed by atoms with Crippen molar-refractivity contribution in [3.63, 3.8) is 0 Å². The maximum Gasteiger partial charge on any atom is 0.321 e. The Labute approximate surface area is 86.0 Å². The number of rotatable bonds is 2. The largest absolute Gasteiger partial charge is 0.495 e. The van der Waals surface area contributed by atoms with Gasteiger partial charge < -0.3 is 9.47 Å². The third kappa shape index (κ3) is 1.81. The van der Waals surface area contributed by atoms with E-state index in [2.05, 4.69) is 9.72 Å². The molecule has 78 valence electrons. The molecule has 1 atom stereocenters. The van der Waals surface area contributed by atoms with Crippen molar-refractivity contribution in [2.24, 2.45) is 0 Å². The maximum atomic E-state index is 11.3. The van der Waals surface area contributed by atoms with Gasteiger partial charge in [0.1, 0.15) is 5.75 Å². The normalized spacial score (nSPS) is 20.2. The zero-order chi connectivity index (χ0) is 10.8. The molecule has 1 aliphatic heterocycles. The highest BCUT2D eigenvalue weighted by atomic mass is 16.6. The van der Waals surface area contributed by atoms with Crippen molar-refractivity contribution >= 4 is 11.9 Å². The molecular weight excluding hydrogens is 198 g/mol. The lowest BCUT2D eigenvalue weighted by atomic mass is 9.99. The van der Waals surface area contributed by atoms with Crippen LogP contribution < -0.4 is 4.74 Å². The molecule has 0 saturated carbocycles. The van der Waals surface area contributed by atoms with Crippen molar-refractivity contribution < 1.29 is 19.1 Å². The molecule has 1 fully saturated rings. The first-order chi connectivity index (χ1) is 7.20. The summed E-state index contributed by atoms with van der Waals surface area (Å²) in [5.74, 6) is -0.998. The van der Waals surface area contributed by atoms with Gasteiger partial charge in [-0.25, -0.2) is 0 Å². The highest BCUT2D eigenvalue weighted by molar-refractivity contribution is 5.97. The van der Waals surface area contributed by atoms with Crippen LogP contribution in [-0.4, -0.2) is 24.0 Å². The van der Waals surface area contributed by atoms with Gasteiger partial charge in [-0.1, -0.05) is 0 Å². The van der Waals surface area contributed by atoms with E-state index in [0.717, 1.165) is 0 Å². The summed E-state index contributed by atoms with van der Waals surface area (Å²) in [5, 5.41) is 0. The summed E-state index contributed by atoms with van der Waals surface area (Å²) in [7, 11) is 1.51. The number of aromatic nitrogens is 1. The van der Waals surface area contributed by atoms with Crippen LogP contribution in [0, 0.1) is 0 Å². The lowest BCUT2D eigenvalue weighted by Crippen LogP contribution is -2.06. The average molecular weight is 207 g/mol. The van der Waals surface area contributed by atoms with Crippen LogP contribution >= 0.6 is 0 Å². The summed E-state index contributed by atoms with van der Waals surface area (Å²) in [6.45, 7) is 0. The van der Waals surface area contributed by atoms with Gasteiger partial charge in [0.05, 0.1) is 25.6 Å². The molecule has 1 aromatic heterocycles. The zero-order valence-corrected chi connectivity index (χ0v) is 8.10. The molecule has 1 aromatic rings. The number of hydrogen-bond donors (Lipinski definition) is 0. The van der Waals surface area contributed by atoms with Crippen molar-refractivity contribution in [1.29, 1.82) is 0 Å². The van der Waals surface area contributed by atoms with Gasteiger partial charge in [-0.05, 0) is 11.6 Å². The summed E-state index contributed by atoms with van der Waals surface area (Å²) in [6, 6.07) is 1.68. The van der Waals surface area contributed by atoms with Crippen LogP contribution in [0.1, 0.15) is 17.9 Å². The Bertz CT molecular complexity index is 416. The number of carbonyl (C=O) groups excluding carboxylic acids is 2. The molecule has 1 saturated heterocycles. The summed E-state index contributed by atoms with van der Waals surface area (Å²) in [4.78, 5) is 26.1. The lowest BCUT2D eigenvalue weighted by Gasteiger charge is -2.05. The Morgan fingerprint density at radius 1 is 1.47 bits per heavy atom. The molecular formula is C10H9NO4. The Kier molecular flexibility index (Phi) is 2.37. The third-order valence-electron chi connectivity index (χ3n) is 2.24. The van der Waals surface area contributed by atoms with Crippen molar-refractivity contribution in [3.8, 4) is 5.75 Å². The summed E-state index contributed by atoms with van der Waals surface area (Å²) in [6.07, 6.45) is 3.15. The highest BCUT2D eigenvalue weighted by Crippen LogP contribution is 2.28. The molecule has 2 rings (SSSR count). The van der Waals surface area contributed by atoms with Gasteiger partial charge in [0, 0.05) is 6.20 Å². The van der Waals surface area contributed by atoms with E-state index >= 15 is 0 Å². The van der Waals surface area contributed by atoms with E-state index in [0.29, 0.717) is 11.3 Å². The average Bonchev–Trinajstić information content (AvgIpc) is 2.58. The summed E-state index contributed by atoms with van der Waals surface area (Å²) in [5.41, 5.74) is 0.644. The van der Waals surface area contributed by atoms with Crippen LogP contribution in [0.2, 0.25) is 0 Å². The van der Waals surface area contributed by atoms with Crippen LogP contribution in [-0.2, 0) is 14.3 Å². The Morgan fingerprint density at radius 3 is 2.87 bits per heavy atom. The Balaban J connectivity index is 2.29. The maximum absolute atomic E-state index is 11.3. The van der Waals surface area contributed by atoms with Gasteiger partial charge >= 0.3 is 11.9 Å². The van der Waals surface area contributed by atoms with Crippen molar-refractivity contribution in [1.82, 2.24) is 4.98 Å². The van der Waals surface area contributed by atoms with E-state index in [1.54, 1.807) is 6.07 Å². The molecule has 5 nitrogen and oxygen atoms in total. The number of nitrogens with zero attached hydrogens (tertiary/aromatic N) is 1. The fourth-order valence-electron chi connectivity index (χ4n) is 1.47. The SMILES string of the molecule is COc1cncc(C2CC(=O)OC2=O)c1. The highest BCUT2D eigenvalue weighted by Gasteiger charge is 2.34. The van der Waals surface area contributed by atoms with Gasteiger partial charge in [-0.3, -0.25) is 14.6 Å². The Hall–Kier alpha value is -1.91. The zero-order valence-electron chi connectivity index (χ0n) is 8.10. The standard InChI is InChI=1S/C10H9NO4/c1-14-7-2-6(4-11-5-7)8-3-9(12)15-10(8)13/h2,4-5,8H,3H2,1H3. The second kappa shape index (κ2) is 3.68. The predicted molar refractivity (Wildman–Crippen MR) is 49.2 cm³/mol. The fourth-order valence-corrected chi connectivity index (χ4v) is 1.47. The van der Waals surface area contributed by atoms with E-state index in [4.69, 9.17) is 4.74 Å². The van der Waals surface area contributed by atoms with Crippen LogP contribution in [0.15, 0.2) is 18.5 Å². The van der Waals surface area contributed by atoms with Gasteiger partial charge in [0.2, 0.25) is 0 Å². The second-order valence-corrected chi connectivity index (χ2v) is 3.21. The van der Waals surface area contributed by atoms with Crippen LogP contribution in [0.4, 0.5) is 0 Å².